The van der Waals surface area contributed by atoms with Gasteiger partial charge in [-0.2, -0.15) is 5.10 Å². The van der Waals surface area contributed by atoms with Crippen molar-refractivity contribution in [1.82, 2.24) is 4.98 Å². The summed E-state index contributed by atoms with van der Waals surface area (Å²) in [6.45, 7) is 0. The van der Waals surface area contributed by atoms with Gasteiger partial charge in [0.1, 0.15) is 0 Å². The van der Waals surface area contributed by atoms with Gasteiger partial charge in [-0.15, -0.1) is 11.3 Å². The van der Waals surface area contributed by atoms with Crippen molar-refractivity contribution in [1.29, 1.82) is 0 Å². The minimum atomic E-state index is -0.902. The number of aromatic nitrogens is 1. The minimum Gasteiger partial charge on any atom is -0.253 e. The van der Waals surface area contributed by atoms with Gasteiger partial charge in [0.25, 0.3) is 0 Å². The Balaban J connectivity index is 1.68. The zero-order valence-corrected chi connectivity index (χ0v) is 14.0. The first kappa shape index (κ1) is 15.8. The third-order valence-electron chi connectivity index (χ3n) is 2.96. The van der Waals surface area contributed by atoms with Crippen LogP contribution in [0, 0.1) is 11.6 Å². The van der Waals surface area contributed by atoms with Crippen molar-refractivity contribution in [2.45, 2.75) is 0 Å². The Hall–Kier alpha value is -2.12. The number of hydrogen-bond donors (Lipinski definition) is 1. The summed E-state index contributed by atoms with van der Waals surface area (Å²) in [4.78, 5) is 4.42. The van der Waals surface area contributed by atoms with Gasteiger partial charge in [0.15, 0.2) is 11.6 Å². The maximum absolute atomic E-state index is 13.1. The van der Waals surface area contributed by atoms with Gasteiger partial charge < -0.3 is 0 Å². The molecule has 0 unspecified atom stereocenters. The number of nitrogens with zero attached hydrogens (tertiary/aromatic N) is 2. The van der Waals surface area contributed by atoms with Gasteiger partial charge in [0.05, 0.1) is 11.9 Å². The molecule has 0 bridgehead atoms. The molecule has 0 atom stereocenters. The van der Waals surface area contributed by atoms with Crippen LogP contribution in [-0.2, 0) is 0 Å². The van der Waals surface area contributed by atoms with Crippen LogP contribution in [0.3, 0.4) is 0 Å². The average Bonchev–Trinajstić information content (AvgIpc) is 3.00. The third-order valence-corrected chi connectivity index (χ3v) is 4.24. The number of hydrogen-bond acceptors (Lipinski definition) is 4. The molecule has 1 N–H and O–H groups in total. The molecule has 3 rings (SSSR count). The van der Waals surface area contributed by atoms with Crippen LogP contribution in [-0.4, -0.2) is 11.2 Å². The summed E-state index contributed by atoms with van der Waals surface area (Å²) in [5.74, 6) is -1.78. The molecule has 0 saturated carbocycles. The summed E-state index contributed by atoms with van der Waals surface area (Å²) >= 11 is 4.80. The van der Waals surface area contributed by atoms with Crippen molar-refractivity contribution >= 4 is 38.6 Å². The zero-order chi connectivity index (χ0) is 16.2. The maximum atomic E-state index is 13.1. The molecule has 0 fully saturated rings. The van der Waals surface area contributed by atoms with Crippen LogP contribution >= 0.6 is 27.3 Å². The molecule has 116 valence electrons. The highest BCUT2D eigenvalue weighted by Gasteiger charge is 2.04. The van der Waals surface area contributed by atoms with E-state index in [0.29, 0.717) is 10.7 Å². The van der Waals surface area contributed by atoms with Crippen molar-refractivity contribution in [2.75, 3.05) is 5.43 Å². The second kappa shape index (κ2) is 6.97. The van der Waals surface area contributed by atoms with Gasteiger partial charge in [-0.1, -0.05) is 34.1 Å². The summed E-state index contributed by atoms with van der Waals surface area (Å²) in [6, 6.07) is 11.4. The Morgan fingerprint density at radius 1 is 1.09 bits per heavy atom. The number of benzene rings is 2. The molecule has 23 heavy (non-hydrogen) atoms. The summed E-state index contributed by atoms with van der Waals surface area (Å²) < 4.78 is 26.9. The Morgan fingerprint density at radius 3 is 2.61 bits per heavy atom. The lowest BCUT2D eigenvalue weighted by atomic mass is 10.2. The maximum Gasteiger partial charge on any atom is 0.203 e. The first-order valence-electron chi connectivity index (χ1n) is 6.57. The number of anilines is 1. The van der Waals surface area contributed by atoms with E-state index in [-0.39, 0.29) is 0 Å². The molecule has 7 heteroatoms. The number of nitrogens with one attached hydrogen (secondary N) is 1. The third kappa shape index (κ3) is 4.00. The molecule has 0 aliphatic heterocycles. The van der Waals surface area contributed by atoms with Gasteiger partial charge in [0.2, 0.25) is 5.13 Å². The zero-order valence-electron chi connectivity index (χ0n) is 11.6. The van der Waals surface area contributed by atoms with Gasteiger partial charge in [-0.3, -0.25) is 5.43 Å². The molecular formula is C16H10BrF2N3S. The number of hydrazone groups is 1. The number of thiazole rings is 1. The Labute approximate surface area is 143 Å². The van der Waals surface area contributed by atoms with Crippen LogP contribution in [0.1, 0.15) is 5.56 Å². The first-order chi connectivity index (χ1) is 11.1. The number of rotatable bonds is 4. The van der Waals surface area contributed by atoms with E-state index >= 15 is 0 Å². The molecule has 0 spiro atoms. The average molecular weight is 394 g/mol. The lowest BCUT2D eigenvalue weighted by Gasteiger charge is -1.97. The van der Waals surface area contributed by atoms with Crippen LogP contribution in [0.15, 0.2) is 57.4 Å². The van der Waals surface area contributed by atoms with Crippen LogP contribution < -0.4 is 5.43 Å². The highest BCUT2D eigenvalue weighted by Crippen LogP contribution is 2.26. The molecular weight excluding hydrogens is 384 g/mol. The molecule has 0 aliphatic carbocycles. The highest BCUT2D eigenvalue weighted by atomic mass is 79.9. The van der Waals surface area contributed by atoms with E-state index in [1.54, 1.807) is 0 Å². The SMILES string of the molecule is Fc1ccc(/C=N/Nc2nc(-c3ccc(Br)cc3)cs2)cc1F. The Bertz CT molecular complexity index is 847. The summed E-state index contributed by atoms with van der Waals surface area (Å²) in [5, 5.41) is 6.51. The molecule has 0 saturated heterocycles. The van der Waals surface area contributed by atoms with E-state index in [9.17, 15) is 8.78 Å². The van der Waals surface area contributed by atoms with Crippen molar-refractivity contribution in [3.05, 3.63) is 69.5 Å². The molecule has 0 radical (unpaired) electrons. The van der Waals surface area contributed by atoms with Crippen molar-refractivity contribution in [2.24, 2.45) is 5.10 Å². The fourth-order valence-corrected chi connectivity index (χ4v) is 2.77. The second-order valence-electron chi connectivity index (χ2n) is 4.59. The first-order valence-corrected chi connectivity index (χ1v) is 8.25. The molecule has 2 aromatic carbocycles. The fraction of sp³-hybridized carbons (Fsp3) is 0. The molecule has 0 amide bonds. The smallest absolute Gasteiger partial charge is 0.203 e. The molecule has 1 aromatic heterocycles. The second-order valence-corrected chi connectivity index (χ2v) is 6.36. The largest absolute Gasteiger partial charge is 0.253 e. The van der Waals surface area contributed by atoms with E-state index in [1.807, 2.05) is 29.6 Å². The van der Waals surface area contributed by atoms with E-state index in [0.717, 1.165) is 27.9 Å². The van der Waals surface area contributed by atoms with Gasteiger partial charge in [0, 0.05) is 15.4 Å². The topological polar surface area (TPSA) is 37.3 Å². The van der Waals surface area contributed by atoms with Crippen molar-refractivity contribution in [3.63, 3.8) is 0 Å². The summed E-state index contributed by atoms with van der Waals surface area (Å²) in [7, 11) is 0. The van der Waals surface area contributed by atoms with E-state index in [1.165, 1.54) is 23.6 Å². The van der Waals surface area contributed by atoms with Gasteiger partial charge >= 0.3 is 0 Å². The van der Waals surface area contributed by atoms with Gasteiger partial charge in [-0.25, -0.2) is 13.8 Å². The predicted molar refractivity (Wildman–Crippen MR) is 92.8 cm³/mol. The van der Waals surface area contributed by atoms with Crippen LogP contribution in [0.2, 0.25) is 0 Å². The molecule has 3 aromatic rings. The molecule has 3 nitrogen and oxygen atoms in total. The Kier molecular flexibility index (Phi) is 4.78. The molecule has 1 heterocycles. The standard InChI is InChI=1S/C16H10BrF2N3S/c17-12-4-2-11(3-5-12)15-9-23-16(21-15)22-20-8-10-1-6-13(18)14(19)7-10/h1-9H,(H,21,22)/b20-8+. The van der Waals surface area contributed by atoms with Crippen LogP contribution in [0.4, 0.5) is 13.9 Å². The normalized spacial score (nSPS) is 11.1. The minimum absolute atomic E-state index is 0.459. The molecule has 0 aliphatic rings. The summed E-state index contributed by atoms with van der Waals surface area (Å²) in [5.41, 5.74) is 5.08. The quantitative estimate of drug-likeness (QED) is 0.482. The van der Waals surface area contributed by atoms with Crippen LogP contribution in [0.25, 0.3) is 11.3 Å². The van der Waals surface area contributed by atoms with Gasteiger partial charge in [-0.05, 0) is 29.8 Å². The fourth-order valence-electron chi connectivity index (χ4n) is 1.83. The van der Waals surface area contributed by atoms with E-state index in [4.69, 9.17) is 0 Å². The van der Waals surface area contributed by atoms with Crippen molar-refractivity contribution in [3.8, 4) is 11.3 Å². The number of halogens is 3. The lowest BCUT2D eigenvalue weighted by Crippen LogP contribution is -1.92. The Morgan fingerprint density at radius 2 is 1.87 bits per heavy atom. The predicted octanol–water partition coefficient (Wildman–Crippen LogP) is 5.30. The van der Waals surface area contributed by atoms with E-state index in [2.05, 4.69) is 31.4 Å². The van der Waals surface area contributed by atoms with Crippen molar-refractivity contribution < 1.29 is 8.78 Å². The summed E-state index contributed by atoms with van der Waals surface area (Å²) in [6.07, 6.45) is 1.41. The highest BCUT2D eigenvalue weighted by molar-refractivity contribution is 9.10. The van der Waals surface area contributed by atoms with Crippen LogP contribution in [0.5, 0.6) is 0 Å². The lowest BCUT2D eigenvalue weighted by molar-refractivity contribution is 0.508. The van der Waals surface area contributed by atoms with E-state index < -0.39 is 11.6 Å². The monoisotopic (exact) mass is 393 g/mol.